The largest absolute Gasteiger partial charge is 0.483 e. The quantitative estimate of drug-likeness (QED) is 0.735. The van der Waals surface area contributed by atoms with Gasteiger partial charge >= 0.3 is 0 Å². The van der Waals surface area contributed by atoms with Crippen LogP contribution in [0.4, 0.5) is 0 Å². The molecule has 14 heavy (non-hydrogen) atoms. The molecule has 1 aromatic carbocycles. The van der Waals surface area contributed by atoms with Crippen LogP contribution in [0.15, 0.2) is 24.3 Å². The van der Waals surface area contributed by atoms with E-state index in [2.05, 4.69) is 18.2 Å². The third-order valence-electron chi connectivity index (χ3n) is 2.35. The van der Waals surface area contributed by atoms with Crippen LogP contribution in [0, 0.1) is 0 Å². The fourth-order valence-electron chi connectivity index (χ4n) is 1.56. The summed E-state index contributed by atoms with van der Waals surface area (Å²) in [6, 6.07) is 6.07. The molecule has 2 rings (SSSR count). The van der Waals surface area contributed by atoms with Crippen molar-refractivity contribution in [1.29, 1.82) is 0 Å². The number of benzene rings is 1. The van der Waals surface area contributed by atoms with Crippen molar-refractivity contribution in [1.82, 2.24) is 0 Å². The van der Waals surface area contributed by atoms with Crippen LogP contribution < -0.4 is 10.5 Å². The average Bonchev–Trinajstić information content (AvgIpc) is 2.16. The Morgan fingerprint density at radius 3 is 2.86 bits per heavy atom. The molecule has 1 aliphatic heterocycles. The smallest absolute Gasteiger partial charge is 0.127 e. The predicted octanol–water partition coefficient (Wildman–Crippen LogP) is 2.33. The maximum atomic E-state index is 5.79. The lowest BCUT2D eigenvalue weighted by molar-refractivity contribution is 0.159. The van der Waals surface area contributed by atoms with E-state index in [1.807, 2.05) is 26.0 Å². The molecule has 0 atom stereocenters. The topological polar surface area (TPSA) is 35.2 Å². The minimum Gasteiger partial charge on any atom is -0.483 e. The minimum absolute atomic E-state index is 0.197. The third-order valence-corrected chi connectivity index (χ3v) is 2.35. The lowest BCUT2D eigenvalue weighted by Gasteiger charge is -2.27. The molecule has 74 valence electrons. The highest BCUT2D eigenvalue weighted by Gasteiger charge is 2.21. The van der Waals surface area contributed by atoms with E-state index in [1.54, 1.807) is 0 Å². The van der Waals surface area contributed by atoms with Gasteiger partial charge in [-0.3, -0.25) is 0 Å². The number of nitrogens with two attached hydrogens (primary N) is 1. The van der Waals surface area contributed by atoms with E-state index in [9.17, 15) is 0 Å². The monoisotopic (exact) mass is 189 g/mol. The first-order valence-corrected chi connectivity index (χ1v) is 4.82. The van der Waals surface area contributed by atoms with Gasteiger partial charge in [0.25, 0.3) is 0 Å². The first-order chi connectivity index (χ1) is 6.61. The van der Waals surface area contributed by atoms with E-state index in [-0.39, 0.29) is 5.60 Å². The third kappa shape index (κ3) is 1.66. The molecule has 0 fully saturated rings. The van der Waals surface area contributed by atoms with Crippen molar-refractivity contribution < 1.29 is 4.74 Å². The maximum absolute atomic E-state index is 5.79. The summed E-state index contributed by atoms with van der Waals surface area (Å²) in [6.07, 6.45) is 4.16. The average molecular weight is 189 g/mol. The van der Waals surface area contributed by atoms with E-state index in [0.717, 1.165) is 16.9 Å². The maximum Gasteiger partial charge on any atom is 0.127 e. The summed E-state index contributed by atoms with van der Waals surface area (Å²) in [7, 11) is 0. The molecule has 0 amide bonds. The second-order valence-electron chi connectivity index (χ2n) is 4.12. The highest BCUT2D eigenvalue weighted by molar-refractivity contribution is 5.61. The Balaban J connectivity index is 2.41. The van der Waals surface area contributed by atoms with Gasteiger partial charge in [-0.25, -0.2) is 0 Å². The van der Waals surface area contributed by atoms with Crippen LogP contribution in [0.3, 0.4) is 0 Å². The summed E-state index contributed by atoms with van der Waals surface area (Å²) in [4.78, 5) is 0. The summed E-state index contributed by atoms with van der Waals surface area (Å²) in [5.74, 6) is 0.940. The van der Waals surface area contributed by atoms with Crippen LogP contribution >= 0.6 is 0 Å². The van der Waals surface area contributed by atoms with E-state index in [4.69, 9.17) is 10.5 Å². The molecule has 2 nitrogen and oxygen atoms in total. The first kappa shape index (κ1) is 9.28. The molecule has 1 aliphatic rings. The van der Waals surface area contributed by atoms with Crippen LogP contribution in [0.1, 0.15) is 25.0 Å². The van der Waals surface area contributed by atoms with Crippen molar-refractivity contribution in [3.8, 4) is 5.75 Å². The summed E-state index contributed by atoms with van der Waals surface area (Å²) in [6.45, 7) is 4.66. The zero-order chi connectivity index (χ0) is 10.2. The van der Waals surface area contributed by atoms with E-state index in [1.165, 1.54) is 0 Å². The van der Waals surface area contributed by atoms with E-state index >= 15 is 0 Å². The lowest BCUT2D eigenvalue weighted by atomic mass is 10.0. The molecule has 2 N–H and O–H groups in total. The van der Waals surface area contributed by atoms with Gasteiger partial charge in [0.2, 0.25) is 0 Å². The van der Waals surface area contributed by atoms with Gasteiger partial charge in [0.1, 0.15) is 11.4 Å². The van der Waals surface area contributed by atoms with Crippen molar-refractivity contribution >= 4 is 6.08 Å². The van der Waals surface area contributed by atoms with Gasteiger partial charge in [0.05, 0.1) is 0 Å². The number of rotatable bonds is 1. The highest BCUT2D eigenvalue weighted by atomic mass is 16.5. The molecule has 0 radical (unpaired) electrons. The molecule has 1 heterocycles. The second-order valence-corrected chi connectivity index (χ2v) is 4.12. The first-order valence-electron chi connectivity index (χ1n) is 4.82. The summed E-state index contributed by atoms with van der Waals surface area (Å²) >= 11 is 0. The zero-order valence-corrected chi connectivity index (χ0v) is 8.58. The molecule has 0 bridgehead atoms. The van der Waals surface area contributed by atoms with Gasteiger partial charge in [0, 0.05) is 12.1 Å². The molecular formula is C12H15NO. The Hall–Kier alpha value is -1.28. The Morgan fingerprint density at radius 1 is 1.36 bits per heavy atom. The minimum atomic E-state index is -0.197. The summed E-state index contributed by atoms with van der Waals surface area (Å²) < 4.78 is 5.79. The SMILES string of the molecule is CC1(C)C=Cc2cc(CN)ccc2O1. The normalized spacial score (nSPS) is 17.4. The van der Waals surface area contributed by atoms with Crippen LogP contribution in [0.25, 0.3) is 6.08 Å². The number of ether oxygens (including phenoxy) is 1. The molecule has 0 saturated carbocycles. The van der Waals surface area contributed by atoms with Gasteiger partial charge in [-0.1, -0.05) is 12.1 Å². The summed E-state index contributed by atoms with van der Waals surface area (Å²) in [5.41, 5.74) is 7.63. The molecule has 0 saturated heterocycles. The van der Waals surface area contributed by atoms with Crippen molar-refractivity contribution in [2.45, 2.75) is 26.0 Å². The number of hydrogen-bond acceptors (Lipinski definition) is 2. The van der Waals surface area contributed by atoms with Crippen molar-refractivity contribution in [2.75, 3.05) is 0 Å². The van der Waals surface area contributed by atoms with Crippen LogP contribution in [-0.4, -0.2) is 5.60 Å². The van der Waals surface area contributed by atoms with Crippen LogP contribution in [0.2, 0.25) is 0 Å². The van der Waals surface area contributed by atoms with Gasteiger partial charge in [-0.15, -0.1) is 0 Å². The Kier molecular flexibility index (Phi) is 2.08. The van der Waals surface area contributed by atoms with Gasteiger partial charge in [-0.2, -0.15) is 0 Å². The number of hydrogen-bond donors (Lipinski definition) is 1. The van der Waals surface area contributed by atoms with Gasteiger partial charge in [0.15, 0.2) is 0 Å². The van der Waals surface area contributed by atoms with Crippen molar-refractivity contribution in [2.24, 2.45) is 5.73 Å². The number of fused-ring (bicyclic) bond motifs is 1. The Morgan fingerprint density at radius 2 is 2.14 bits per heavy atom. The zero-order valence-electron chi connectivity index (χ0n) is 8.58. The van der Waals surface area contributed by atoms with Crippen LogP contribution in [-0.2, 0) is 6.54 Å². The van der Waals surface area contributed by atoms with Crippen molar-refractivity contribution in [3.63, 3.8) is 0 Å². The van der Waals surface area contributed by atoms with E-state index < -0.39 is 0 Å². The van der Waals surface area contributed by atoms with Crippen LogP contribution in [0.5, 0.6) is 5.75 Å². The standard InChI is InChI=1S/C12H15NO/c1-12(2)6-5-10-7-9(8-13)3-4-11(10)14-12/h3-7H,8,13H2,1-2H3. The van der Waals surface area contributed by atoms with Gasteiger partial charge in [-0.05, 0) is 37.6 Å². The second kappa shape index (κ2) is 3.14. The van der Waals surface area contributed by atoms with E-state index in [0.29, 0.717) is 6.54 Å². The fourth-order valence-corrected chi connectivity index (χ4v) is 1.56. The predicted molar refractivity (Wildman–Crippen MR) is 58.1 cm³/mol. The molecule has 1 aromatic rings. The fraction of sp³-hybridized carbons (Fsp3) is 0.333. The molecular weight excluding hydrogens is 174 g/mol. The van der Waals surface area contributed by atoms with Gasteiger partial charge < -0.3 is 10.5 Å². The lowest BCUT2D eigenvalue weighted by Crippen LogP contribution is -2.27. The highest BCUT2D eigenvalue weighted by Crippen LogP contribution is 2.31. The molecule has 2 heteroatoms. The Bertz CT molecular complexity index is 380. The molecule has 0 aromatic heterocycles. The molecule has 0 unspecified atom stereocenters. The summed E-state index contributed by atoms with van der Waals surface area (Å²) in [5, 5.41) is 0. The molecule has 0 aliphatic carbocycles. The van der Waals surface area contributed by atoms with Crippen molar-refractivity contribution in [3.05, 3.63) is 35.4 Å². The molecule has 0 spiro atoms. The Labute approximate surface area is 84.4 Å².